The summed E-state index contributed by atoms with van der Waals surface area (Å²) in [6.45, 7) is 2.24. The molecule has 2 N–H and O–H groups in total. The first-order valence-corrected chi connectivity index (χ1v) is 12.8. The monoisotopic (exact) mass is 473 g/mol. The number of amides is 1. The number of sulfonamides is 1. The second kappa shape index (κ2) is 9.65. The van der Waals surface area contributed by atoms with Crippen LogP contribution in [0.4, 0.5) is 0 Å². The number of carbonyl (C=O) groups is 1. The summed E-state index contributed by atoms with van der Waals surface area (Å²) in [6, 6.07) is 13.9. The highest BCUT2D eigenvalue weighted by atomic mass is 35.5. The minimum atomic E-state index is -3.68. The smallest absolute Gasteiger partial charge is 0.243 e. The van der Waals surface area contributed by atoms with E-state index in [1.165, 1.54) is 12.1 Å². The zero-order chi connectivity index (χ0) is 22.7. The molecule has 2 heterocycles. The highest BCUT2D eigenvalue weighted by Gasteiger charge is 2.37. The highest BCUT2D eigenvalue weighted by molar-refractivity contribution is 7.89. The van der Waals surface area contributed by atoms with E-state index in [0.717, 1.165) is 35.7 Å². The normalized spacial score (nSPS) is 19.8. The van der Waals surface area contributed by atoms with Crippen molar-refractivity contribution in [3.8, 4) is 0 Å². The van der Waals surface area contributed by atoms with Crippen molar-refractivity contribution < 1.29 is 13.2 Å². The van der Waals surface area contributed by atoms with Gasteiger partial charge in [0.15, 0.2) is 0 Å². The second-order valence-corrected chi connectivity index (χ2v) is 10.7. The number of H-pyrrole nitrogens is 1. The molecule has 0 radical (unpaired) electrons. The van der Waals surface area contributed by atoms with Gasteiger partial charge in [0.2, 0.25) is 15.9 Å². The molecule has 1 fully saturated rings. The topological polar surface area (TPSA) is 82.3 Å². The molecule has 2 aromatic carbocycles. The predicted molar refractivity (Wildman–Crippen MR) is 127 cm³/mol. The van der Waals surface area contributed by atoms with Crippen LogP contribution in [0.25, 0.3) is 10.9 Å². The van der Waals surface area contributed by atoms with Crippen molar-refractivity contribution in [3.63, 3.8) is 0 Å². The maximum atomic E-state index is 13.3. The van der Waals surface area contributed by atoms with Crippen LogP contribution in [0.3, 0.4) is 0 Å². The third-order valence-electron chi connectivity index (χ3n) is 6.17. The molecule has 0 unspecified atom stereocenters. The van der Waals surface area contributed by atoms with Crippen molar-refractivity contribution in [2.45, 2.75) is 56.0 Å². The van der Waals surface area contributed by atoms with Gasteiger partial charge in [0.05, 0.1) is 4.90 Å². The van der Waals surface area contributed by atoms with Crippen molar-refractivity contribution >= 4 is 38.4 Å². The van der Waals surface area contributed by atoms with E-state index in [1.807, 2.05) is 37.4 Å². The van der Waals surface area contributed by atoms with Gasteiger partial charge in [0.25, 0.3) is 0 Å². The van der Waals surface area contributed by atoms with Gasteiger partial charge in [0.1, 0.15) is 0 Å². The van der Waals surface area contributed by atoms with Crippen molar-refractivity contribution in [2.24, 2.45) is 0 Å². The van der Waals surface area contributed by atoms with Gasteiger partial charge in [-0.25, -0.2) is 8.42 Å². The third kappa shape index (κ3) is 4.85. The van der Waals surface area contributed by atoms with Crippen molar-refractivity contribution in [1.82, 2.24) is 14.6 Å². The van der Waals surface area contributed by atoms with Gasteiger partial charge in [-0.3, -0.25) is 4.79 Å². The molecule has 1 aromatic heterocycles. The molecule has 8 heteroatoms. The number of halogens is 1. The molecule has 6 nitrogen and oxygen atoms in total. The number of hydrogen-bond donors (Lipinski definition) is 2. The van der Waals surface area contributed by atoms with Crippen LogP contribution in [0, 0.1) is 0 Å². The van der Waals surface area contributed by atoms with Gasteiger partial charge < -0.3 is 10.3 Å². The molecule has 2 atom stereocenters. The lowest BCUT2D eigenvalue weighted by Gasteiger charge is -2.39. The number of fused-ring (bicyclic) bond motifs is 1. The average Bonchev–Trinajstić information content (AvgIpc) is 3.19. The average molecular weight is 474 g/mol. The molecule has 1 aliphatic rings. The van der Waals surface area contributed by atoms with E-state index in [9.17, 15) is 13.2 Å². The van der Waals surface area contributed by atoms with Gasteiger partial charge in [-0.15, -0.1) is 0 Å². The Kier molecular flexibility index (Phi) is 6.88. The van der Waals surface area contributed by atoms with E-state index >= 15 is 0 Å². The van der Waals surface area contributed by atoms with E-state index in [-0.39, 0.29) is 22.9 Å². The molecule has 32 heavy (non-hydrogen) atoms. The summed E-state index contributed by atoms with van der Waals surface area (Å²) in [4.78, 5) is 16.0. The van der Waals surface area contributed by atoms with Crippen molar-refractivity contribution in [2.75, 3.05) is 6.54 Å². The van der Waals surface area contributed by atoms with Crippen LogP contribution in [-0.2, 0) is 21.2 Å². The fourth-order valence-electron chi connectivity index (χ4n) is 4.52. The van der Waals surface area contributed by atoms with Gasteiger partial charge >= 0.3 is 0 Å². The number of piperidine rings is 1. The van der Waals surface area contributed by atoms with Crippen LogP contribution in [0.5, 0.6) is 0 Å². The third-order valence-corrected chi connectivity index (χ3v) is 8.51. The minimum absolute atomic E-state index is 0.0719. The van der Waals surface area contributed by atoms with Crippen LogP contribution in [-0.4, -0.2) is 42.2 Å². The maximum absolute atomic E-state index is 13.3. The molecule has 170 valence electrons. The zero-order valence-corrected chi connectivity index (χ0v) is 19.6. The number of benzene rings is 2. The van der Waals surface area contributed by atoms with Crippen LogP contribution < -0.4 is 5.32 Å². The highest BCUT2D eigenvalue weighted by Crippen LogP contribution is 2.30. The quantitative estimate of drug-likeness (QED) is 0.530. The Bertz CT molecular complexity index is 1190. The predicted octanol–water partition coefficient (Wildman–Crippen LogP) is 4.50. The Morgan fingerprint density at radius 1 is 1.16 bits per heavy atom. The number of hydrogen-bond acceptors (Lipinski definition) is 3. The number of aryl methyl sites for hydroxylation is 1. The number of carbonyl (C=O) groups excluding carboxylic acids is 1. The molecule has 0 saturated carbocycles. The Morgan fingerprint density at radius 2 is 1.91 bits per heavy atom. The largest absolute Gasteiger partial charge is 0.361 e. The zero-order valence-electron chi connectivity index (χ0n) is 18.1. The molecule has 1 amide bonds. The number of nitrogens with zero attached hydrogens (tertiary/aromatic N) is 1. The lowest BCUT2D eigenvalue weighted by Crippen LogP contribution is -2.53. The van der Waals surface area contributed by atoms with Crippen LogP contribution in [0.2, 0.25) is 5.02 Å². The van der Waals surface area contributed by atoms with Gasteiger partial charge in [-0.1, -0.05) is 36.2 Å². The van der Waals surface area contributed by atoms with E-state index in [4.69, 9.17) is 11.6 Å². The molecule has 3 aromatic rings. The lowest BCUT2D eigenvalue weighted by molar-refractivity contribution is -0.121. The SMILES string of the molecule is C[C@@H]1CCC[C@H](CNC(=O)CCc2c[nH]c3ccccc23)N1S(=O)(=O)c1ccc(Cl)cc1. The number of nitrogens with one attached hydrogen (secondary N) is 2. The summed E-state index contributed by atoms with van der Waals surface area (Å²) in [5, 5.41) is 4.59. The Morgan fingerprint density at radius 3 is 2.69 bits per heavy atom. The molecule has 0 bridgehead atoms. The molecule has 1 saturated heterocycles. The van der Waals surface area contributed by atoms with Gasteiger partial charge in [-0.05, 0) is 62.1 Å². The molecule has 0 spiro atoms. The summed E-state index contributed by atoms with van der Waals surface area (Å²) < 4.78 is 28.2. The standard InChI is InChI=1S/C24H28ClN3O3S/c1-17-5-4-6-20(28(17)32(30,31)21-12-10-19(25)11-13-21)16-27-24(29)14-9-18-15-26-23-8-3-2-7-22(18)23/h2-3,7-8,10-13,15,17,20,26H,4-6,9,14,16H2,1H3,(H,27,29)/t17-,20-/m1/s1. The summed E-state index contributed by atoms with van der Waals surface area (Å²) in [5.41, 5.74) is 2.16. The Labute approximate surface area is 194 Å². The summed E-state index contributed by atoms with van der Waals surface area (Å²) >= 11 is 5.93. The number of rotatable bonds is 7. The summed E-state index contributed by atoms with van der Waals surface area (Å²) in [6.07, 6.45) is 5.39. The van der Waals surface area contributed by atoms with E-state index < -0.39 is 10.0 Å². The minimum Gasteiger partial charge on any atom is -0.361 e. The van der Waals surface area contributed by atoms with Crippen molar-refractivity contribution in [3.05, 3.63) is 65.3 Å². The number of aromatic nitrogens is 1. The van der Waals surface area contributed by atoms with Crippen LogP contribution in [0.1, 0.15) is 38.2 Å². The summed E-state index contributed by atoms with van der Waals surface area (Å²) in [7, 11) is -3.68. The van der Waals surface area contributed by atoms with Gasteiger partial charge in [-0.2, -0.15) is 4.31 Å². The number of para-hydroxylation sites is 1. The van der Waals surface area contributed by atoms with E-state index in [2.05, 4.69) is 10.3 Å². The lowest BCUT2D eigenvalue weighted by atomic mass is 9.99. The maximum Gasteiger partial charge on any atom is 0.243 e. The second-order valence-electron chi connectivity index (χ2n) is 8.39. The molecular formula is C24H28ClN3O3S. The summed E-state index contributed by atoms with van der Waals surface area (Å²) in [5.74, 6) is -0.0719. The fraction of sp³-hybridized carbons (Fsp3) is 0.375. The molecule has 0 aliphatic carbocycles. The van der Waals surface area contributed by atoms with Crippen LogP contribution in [0.15, 0.2) is 59.6 Å². The van der Waals surface area contributed by atoms with E-state index in [0.29, 0.717) is 24.4 Å². The van der Waals surface area contributed by atoms with Crippen LogP contribution >= 0.6 is 11.6 Å². The fourth-order valence-corrected chi connectivity index (χ4v) is 6.52. The Balaban J connectivity index is 1.40. The van der Waals surface area contributed by atoms with Crippen molar-refractivity contribution in [1.29, 1.82) is 0 Å². The first kappa shape index (κ1) is 22.8. The first-order chi connectivity index (χ1) is 15.4. The molecular weight excluding hydrogens is 446 g/mol. The Hall–Kier alpha value is -2.35. The number of aromatic amines is 1. The van der Waals surface area contributed by atoms with E-state index in [1.54, 1.807) is 16.4 Å². The molecule has 4 rings (SSSR count). The van der Waals surface area contributed by atoms with Gasteiger partial charge in [0, 0.05) is 47.2 Å². The first-order valence-electron chi connectivity index (χ1n) is 11.0. The molecule has 1 aliphatic heterocycles.